The Kier molecular flexibility index (Phi) is 7.78. The van der Waals surface area contributed by atoms with Crippen LogP contribution in [-0.2, 0) is 25.5 Å². The summed E-state index contributed by atoms with van der Waals surface area (Å²) in [6.07, 6.45) is 0.974. The Morgan fingerprint density at radius 2 is 1.90 bits per heavy atom. The minimum Gasteiger partial charge on any atom is -0.455 e. The predicted molar refractivity (Wildman–Crippen MR) is 112 cm³/mol. The van der Waals surface area contributed by atoms with Crippen LogP contribution in [0.3, 0.4) is 0 Å². The molecule has 0 radical (unpaired) electrons. The Hall–Kier alpha value is -2.94. The lowest BCUT2D eigenvalue weighted by Gasteiger charge is -2.31. The third-order valence-electron chi connectivity index (χ3n) is 4.65. The molecular weight excluding hydrogens is 406 g/mol. The Balaban J connectivity index is 1.37. The van der Waals surface area contributed by atoms with Gasteiger partial charge in [0.2, 0.25) is 0 Å². The van der Waals surface area contributed by atoms with Crippen LogP contribution in [0.4, 0.5) is 4.79 Å². The molecule has 0 atom stereocenters. The molecule has 1 aromatic carbocycles. The molecule has 160 valence electrons. The number of amides is 2. The molecule has 2 amide bonds. The Morgan fingerprint density at radius 1 is 1.17 bits per heavy atom. The van der Waals surface area contributed by atoms with Crippen molar-refractivity contribution in [2.45, 2.75) is 32.2 Å². The lowest BCUT2D eigenvalue weighted by atomic mass is 10.1. The topological polar surface area (TPSA) is 97.8 Å². The number of benzene rings is 1. The number of piperidine rings is 1. The molecule has 1 fully saturated rings. The van der Waals surface area contributed by atoms with Crippen LogP contribution >= 0.6 is 11.3 Å². The number of rotatable bonds is 7. The van der Waals surface area contributed by atoms with E-state index in [4.69, 9.17) is 9.47 Å². The highest BCUT2D eigenvalue weighted by Gasteiger charge is 2.24. The molecule has 1 aliphatic heterocycles. The molecule has 3 rings (SSSR count). The van der Waals surface area contributed by atoms with E-state index in [-0.39, 0.29) is 31.1 Å². The SMILES string of the molecule is CCOC(=O)N1CCC(NC(=O)COC(=O)Cc2csc(-c3ccccc3)n2)CC1. The molecule has 1 N–H and O–H groups in total. The van der Waals surface area contributed by atoms with Crippen molar-refractivity contribution in [3.8, 4) is 10.6 Å². The van der Waals surface area contributed by atoms with Crippen LogP contribution in [-0.4, -0.2) is 60.2 Å². The van der Waals surface area contributed by atoms with Gasteiger partial charge in [-0.3, -0.25) is 9.59 Å². The Labute approximate surface area is 179 Å². The molecule has 0 bridgehead atoms. The van der Waals surface area contributed by atoms with Crippen molar-refractivity contribution >= 4 is 29.3 Å². The number of hydrogen-bond donors (Lipinski definition) is 1. The average molecular weight is 432 g/mol. The summed E-state index contributed by atoms with van der Waals surface area (Å²) >= 11 is 1.46. The third kappa shape index (κ3) is 6.28. The van der Waals surface area contributed by atoms with Gasteiger partial charge >= 0.3 is 12.1 Å². The van der Waals surface area contributed by atoms with Crippen LogP contribution in [0.2, 0.25) is 0 Å². The van der Waals surface area contributed by atoms with Gasteiger partial charge in [-0.25, -0.2) is 9.78 Å². The second kappa shape index (κ2) is 10.7. The second-order valence-corrected chi connectivity index (χ2v) is 7.73. The maximum Gasteiger partial charge on any atom is 0.409 e. The van der Waals surface area contributed by atoms with Crippen LogP contribution < -0.4 is 5.32 Å². The average Bonchev–Trinajstić information content (AvgIpc) is 3.22. The number of likely N-dealkylation sites (tertiary alicyclic amines) is 1. The smallest absolute Gasteiger partial charge is 0.409 e. The highest BCUT2D eigenvalue weighted by molar-refractivity contribution is 7.13. The molecule has 30 heavy (non-hydrogen) atoms. The van der Waals surface area contributed by atoms with Crippen molar-refractivity contribution in [2.24, 2.45) is 0 Å². The molecule has 1 saturated heterocycles. The first kappa shape index (κ1) is 21.8. The van der Waals surface area contributed by atoms with E-state index < -0.39 is 5.97 Å². The fraction of sp³-hybridized carbons (Fsp3) is 0.429. The summed E-state index contributed by atoms with van der Waals surface area (Å²) in [4.78, 5) is 41.9. The van der Waals surface area contributed by atoms with Gasteiger partial charge in [-0.05, 0) is 19.8 Å². The maximum absolute atomic E-state index is 12.1. The predicted octanol–water partition coefficient (Wildman–Crippen LogP) is 2.63. The zero-order valence-electron chi connectivity index (χ0n) is 16.8. The molecule has 1 aliphatic rings. The van der Waals surface area contributed by atoms with Gasteiger partial charge in [-0.2, -0.15) is 0 Å². The summed E-state index contributed by atoms with van der Waals surface area (Å²) in [5.41, 5.74) is 1.62. The largest absolute Gasteiger partial charge is 0.455 e. The number of ether oxygens (including phenoxy) is 2. The summed E-state index contributed by atoms with van der Waals surface area (Å²) in [5.74, 6) is -0.839. The van der Waals surface area contributed by atoms with E-state index in [0.29, 0.717) is 38.2 Å². The summed E-state index contributed by atoms with van der Waals surface area (Å²) in [6.45, 7) is 2.83. The van der Waals surface area contributed by atoms with Crippen molar-refractivity contribution in [3.05, 3.63) is 41.4 Å². The van der Waals surface area contributed by atoms with E-state index in [1.54, 1.807) is 11.8 Å². The van der Waals surface area contributed by atoms with Gasteiger partial charge < -0.3 is 19.7 Å². The van der Waals surface area contributed by atoms with Gasteiger partial charge in [0.05, 0.1) is 18.7 Å². The van der Waals surface area contributed by atoms with Crippen molar-refractivity contribution in [3.63, 3.8) is 0 Å². The van der Waals surface area contributed by atoms with E-state index in [9.17, 15) is 14.4 Å². The summed E-state index contributed by atoms with van der Waals surface area (Å²) in [6, 6.07) is 9.68. The van der Waals surface area contributed by atoms with Gasteiger partial charge in [0.15, 0.2) is 6.61 Å². The van der Waals surface area contributed by atoms with E-state index in [1.807, 2.05) is 35.7 Å². The zero-order chi connectivity index (χ0) is 21.3. The Bertz CT molecular complexity index is 863. The first-order chi connectivity index (χ1) is 14.5. The summed E-state index contributed by atoms with van der Waals surface area (Å²) < 4.78 is 10.1. The number of thiazole rings is 1. The summed E-state index contributed by atoms with van der Waals surface area (Å²) in [7, 11) is 0. The van der Waals surface area contributed by atoms with Gasteiger partial charge in [-0.1, -0.05) is 30.3 Å². The Morgan fingerprint density at radius 3 is 2.60 bits per heavy atom. The van der Waals surface area contributed by atoms with Crippen LogP contribution in [0.5, 0.6) is 0 Å². The lowest BCUT2D eigenvalue weighted by Crippen LogP contribution is -2.47. The molecule has 9 heteroatoms. The van der Waals surface area contributed by atoms with Crippen molar-refractivity contribution in [2.75, 3.05) is 26.3 Å². The number of carbonyl (C=O) groups is 3. The molecule has 0 aliphatic carbocycles. The van der Waals surface area contributed by atoms with E-state index >= 15 is 0 Å². The molecule has 2 aromatic rings. The van der Waals surface area contributed by atoms with Crippen LogP contribution in [0.25, 0.3) is 10.6 Å². The molecule has 2 heterocycles. The highest BCUT2D eigenvalue weighted by atomic mass is 32.1. The van der Waals surface area contributed by atoms with Crippen molar-refractivity contribution in [1.29, 1.82) is 0 Å². The minimum atomic E-state index is -0.493. The van der Waals surface area contributed by atoms with E-state index in [0.717, 1.165) is 10.6 Å². The van der Waals surface area contributed by atoms with Gasteiger partial charge in [0.25, 0.3) is 5.91 Å². The van der Waals surface area contributed by atoms with Gasteiger partial charge in [0.1, 0.15) is 5.01 Å². The molecule has 8 nitrogen and oxygen atoms in total. The molecule has 0 saturated carbocycles. The van der Waals surface area contributed by atoms with E-state index in [2.05, 4.69) is 10.3 Å². The number of hydrogen-bond acceptors (Lipinski definition) is 7. The minimum absolute atomic E-state index is 0.0224. The maximum atomic E-state index is 12.1. The van der Waals surface area contributed by atoms with Crippen LogP contribution in [0, 0.1) is 0 Å². The fourth-order valence-electron chi connectivity index (χ4n) is 3.14. The number of nitrogens with zero attached hydrogens (tertiary/aromatic N) is 2. The zero-order valence-corrected chi connectivity index (χ0v) is 17.7. The van der Waals surface area contributed by atoms with Crippen LogP contribution in [0.1, 0.15) is 25.5 Å². The van der Waals surface area contributed by atoms with E-state index in [1.165, 1.54) is 11.3 Å². The monoisotopic (exact) mass is 431 g/mol. The quantitative estimate of drug-likeness (QED) is 0.677. The molecule has 1 aromatic heterocycles. The number of esters is 1. The van der Waals surface area contributed by atoms with Gasteiger partial charge in [-0.15, -0.1) is 11.3 Å². The first-order valence-corrected chi connectivity index (χ1v) is 10.8. The third-order valence-corrected chi connectivity index (χ3v) is 5.59. The molecule has 0 spiro atoms. The number of carbonyl (C=O) groups excluding carboxylic acids is 3. The lowest BCUT2D eigenvalue weighted by molar-refractivity contribution is -0.148. The fourth-order valence-corrected chi connectivity index (χ4v) is 3.96. The standard InChI is InChI=1S/C21H25N3O5S/c1-2-28-21(27)24-10-8-16(9-11-24)22-18(25)13-29-19(26)12-17-14-30-20(23-17)15-6-4-3-5-7-15/h3-7,14,16H,2,8-13H2,1H3,(H,22,25). The van der Waals surface area contributed by atoms with Crippen LogP contribution in [0.15, 0.2) is 35.7 Å². The number of aromatic nitrogens is 1. The second-order valence-electron chi connectivity index (χ2n) is 6.88. The molecular formula is C21H25N3O5S. The highest BCUT2D eigenvalue weighted by Crippen LogP contribution is 2.23. The van der Waals surface area contributed by atoms with Gasteiger partial charge in [0, 0.05) is 30.1 Å². The summed E-state index contributed by atoms with van der Waals surface area (Å²) in [5, 5.41) is 5.51. The normalized spacial score (nSPS) is 14.2. The van der Waals surface area contributed by atoms with Crippen molar-refractivity contribution in [1.82, 2.24) is 15.2 Å². The number of nitrogens with one attached hydrogen (secondary N) is 1. The first-order valence-electron chi connectivity index (χ1n) is 9.91. The van der Waals surface area contributed by atoms with Crippen molar-refractivity contribution < 1.29 is 23.9 Å². The molecule has 0 unspecified atom stereocenters.